The summed E-state index contributed by atoms with van der Waals surface area (Å²) in [6, 6.07) is 19.7. The van der Waals surface area contributed by atoms with Crippen molar-refractivity contribution < 1.29 is 14.3 Å². The maximum atomic E-state index is 13.5. The van der Waals surface area contributed by atoms with Crippen LogP contribution in [0.2, 0.25) is 0 Å². The van der Waals surface area contributed by atoms with Gasteiger partial charge in [0.25, 0.3) is 17.4 Å². The average Bonchev–Trinajstić information content (AvgIpc) is 2.86. The normalized spacial score (nSPS) is 15.0. The number of benzene rings is 2. The van der Waals surface area contributed by atoms with Gasteiger partial charge in [-0.15, -0.1) is 0 Å². The molecule has 0 saturated heterocycles. The van der Waals surface area contributed by atoms with Gasteiger partial charge in [-0.25, -0.2) is 0 Å². The molecule has 1 atom stereocenters. The number of fused-ring (bicyclic) bond motifs is 1. The molecule has 4 rings (SSSR count). The van der Waals surface area contributed by atoms with E-state index in [1.807, 2.05) is 44.2 Å². The summed E-state index contributed by atoms with van der Waals surface area (Å²) in [6.45, 7) is 4.03. The Morgan fingerprint density at radius 3 is 2.42 bits per heavy atom. The lowest BCUT2D eigenvalue weighted by molar-refractivity contribution is -0.128. The monoisotopic (exact) mass is 445 g/mol. The van der Waals surface area contributed by atoms with E-state index in [1.165, 1.54) is 11.0 Å². The minimum absolute atomic E-state index is 0.00513. The Labute approximate surface area is 192 Å². The molecule has 0 bridgehead atoms. The molecule has 1 aliphatic rings. The number of hydrogen-bond acceptors (Lipinski definition) is 4. The Bertz CT molecular complexity index is 1200. The molecule has 3 aromatic rings. The summed E-state index contributed by atoms with van der Waals surface area (Å²) in [6.07, 6.45) is 0.737. The van der Waals surface area contributed by atoms with E-state index in [2.05, 4.69) is 10.3 Å². The molecule has 0 saturated carbocycles. The molecular weight excluding hydrogens is 418 g/mol. The van der Waals surface area contributed by atoms with E-state index in [9.17, 15) is 14.4 Å². The summed E-state index contributed by atoms with van der Waals surface area (Å²) in [5, 5.41) is 2.98. The predicted molar refractivity (Wildman–Crippen MR) is 128 cm³/mol. The molecule has 170 valence electrons. The Kier molecular flexibility index (Phi) is 6.58. The van der Waals surface area contributed by atoms with Crippen LogP contribution in [-0.2, 0) is 4.79 Å². The van der Waals surface area contributed by atoms with Crippen LogP contribution in [0.1, 0.15) is 37.0 Å². The lowest BCUT2D eigenvalue weighted by Crippen LogP contribution is -2.53. The quantitative estimate of drug-likeness (QED) is 0.605. The van der Waals surface area contributed by atoms with Gasteiger partial charge in [-0.3, -0.25) is 14.4 Å². The fourth-order valence-electron chi connectivity index (χ4n) is 3.92. The van der Waals surface area contributed by atoms with Crippen molar-refractivity contribution >= 4 is 17.5 Å². The second kappa shape index (κ2) is 9.73. The minimum Gasteiger partial charge on any atom is -0.477 e. The Morgan fingerprint density at radius 2 is 1.73 bits per heavy atom. The molecule has 2 amide bonds. The molecule has 1 unspecified atom stereocenters. The van der Waals surface area contributed by atoms with Crippen molar-refractivity contribution in [2.75, 3.05) is 11.4 Å². The van der Waals surface area contributed by atoms with Gasteiger partial charge >= 0.3 is 0 Å². The van der Waals surface area contributed by atoms with Crippen LogP contribution in [0.25, 0.3) is 11.3 Å². The zero-order valence-corrected chi connectivity index (χ0v) is 18.7. The van der Waals surface area contributed by atoms with Crippen molar-refractivity contribution in [1.29, 1.82) is 0 Å². The van der Waals surface area contributed by atoms with E-state index in [0.717, 1.165) is 18.4 Å². The molecular formula is C26H27N3O4. The maximum absolute atomic E-state index is 13.5. The summed E-state index contributed by atoms with van der Waals surface area (Å²) in [7, 11) is 0. The number of ether oxygens (including phenoxy) is 1. The van der Waals surface area contributed by atoms with Crippen LogP contribution in [0.5, 0.6) is 5.75 Å². The van der Waals surface area contributed by atoms with E-state index in [0.29, 0.717) is 17.1 Å². The highest BCUT2D eigenvalue weighted by atomic mass is 16.5. The van der Waals surface area contributed by atoms with Gasteiger partial charge in [-0.05, 0) is 42.7 Å². The molecule has 33 heavy (non-hydrogen) atoms. The number of aromatic nitrogens is 1. The van der Waals surface area contributed by atoms with Gasteiger partial charge in [0.05, 0.1) is 12.2 Å². The van der Waals surface area contributed by atoms with E-state index in [-0.39, 0.29) is 24.1 Å². The molecule has 0 spiro atoms. The Hall–Kier alpha value is -3.87. The van der Waals surface area contributed by atoms with Gasteiger partial charge in [-0.2, -0.15) is 0 Å². The second-order valence-corrected chi connectivity index (χ2v) is 7.99. The third-order valence-corrected chi connectivity index (χ3v) is 5.87. The van der Waals surface area contributed by atoms with Gasteiger partial charge in [0, 0.05) is 11.7 Å². The molecule has 2 aromatic carbocycles. The van der Waals surface area contributed by atoms with Crippen LogP contribution < -0.4 is 20.5 Å². The van der Waals surface area contributed by atoms with Crippen molar-refractivity contribution in [2.24, 2.45) is 0 Å². The molecule has 7 heteroatoms. The number of rotatable bonds is 6. The molecule has 1 aliphatic heterocycles. The maximum Gasteiger partial charge on any atom is 0.264 e. The largest absolute Gasteiger partial charge is 0.477 e. The first-order valence-corrected chi connectivity index (χ1v) is 11.2. The first-order valence-electron chi connectivity index (χ1n) is 11.2. The van der Waals surface area contributed by atoms with Gasteiger partial charge in [0.2, 0.25) is 0 Å². The molecule has 0 aliphatic carbocycles. The Morgan fingerprint density at radius 1 is 1.03 bits per heavy atom. The number of aromatic amines is 1. The third kappa shape index (κ3) is 4.67. The summed E-state index contributed by atoms with van der Waals surface area (Å²) in [4.78, 5) is 43.4. The van der Waals surface area contributed by atoms with Crippen LogP contribution >= 0.6 is 0 Å². The lowest BCUT2D eigenvalue weighted by Gasteiger charge is -2.34. The van der Waals surface area contributed by atoms with E-state index in [1.54, 1.807) is 30.3 Å². The molecule has 1 aromatic heterocycles. The Balaban J connectivity index is 1.63. The zero-order valence-electron chi connectivity index (χ0n) is 18.7. The number of hydrogen-bond donors (Lipinski definition) is 2. The van der Waals surface area contributed by atoms with Gasteiger partial charge < -0.3 is 19.9 Å². The first kappa shape index (κ1) is 22.3. The van der Waals surface area contributed by atoms with Crippen molar-refractivity contribution in [3.63, 3.8) is 0 Å². The second-order valence-electron chi connectivity index (χ2n) is 7.99. The van der Waals surface area contributed by atoms with Crippen molar-refractivity contribution in [3.8, 4) is 17.0 Å². The number of nitrogens with one attached hydrogen (secondary N) is 2. The molecule has 2 heterocycles. The molecule has 2 N–H and O–H groups in total. The number of H-pyrrole nitrogens is 1. The van der Waals surface area contributed by atoms with E-state index in [4.69, 9.17) is 4.74 Å². The highest BCUT2D eigenvalue weighted by Crippen LogP contribution is 2.34. The number of para-hydroxylation sites is 2. The number of carbonyl (C=O) groups is 2. The topological polar surface area (TPSA) is 91.5 Å². The standard InChI is InChI=1S/C26H27N3O4/c1-3-18(4-2)27-25(31)23-16-29(21-12-8-9-13-22(21)33-23)26(32)19-14-15-20(28-24(19)30)17-10-6-5-7-11-17/h5-15,18,23H,3-4,16H2,1-2H3,(H,27,31)(H,28,30). The molecule has 0 fully saturated rings. The zero-order chi connectivity index (χ0) is 23.4. The van der Waals surface area contributed by atoms with Crippen LogP contribution in [-0.4, -0.2) is 35.5 Å². The van der Waals surface area contributed by atoms with Gasteiger partial charge in [0.1, 0.15) is 11.3 Å². The van der Waals surface area contributed by atoms with Crippen molar-refractivity contribution in [1.82, 2.24) is 10.3 Å². The summed E-state index contributed by atoms with van der Waals surface area (Å²) in [5.74, 6) is -0.324. The number of pyridine rings is 1. The van der Waals surface area contributed by atoms with Crippen molar-refractivity contribution in [2.45, 2.75) is 38.8 Å². The van der Waals surface area contributed by atoms with E-state index < -0.39 is 17.6 Å². The average molecular weight is 446 g/mol. The fraction of sp³-hybridized carbons (Fsp3) is 0.269. The highest BCUT2D eigenvalue weighted by Gasteiger charge is 2.35. The predicted octanol–water partition coefficient (Wildman–Crippen LogP) is 3.75. The van der Waals surface area contributed by atoms with E-state index >= 15 is 0 Å². The minimum atomic E-state index is -0.868. The molecule has 0 radical (unpaired) electrons. The number of anilines is 1. The summed E-state index contributed by atoms with van der Waals surface area (Å²) < 4.78 is 5.92. The highest BCUT2D eigenvalue weighted by molar-refractivity contribution is 6.07. The number of carbonyl (C=O) groups excluding carboxylic acids is 2. The first-order chi connectivity index (χ1) is 16.0. The molecule has 7 nitrogen and oxygen atoms in total. The lowest BCUT2D eigenvalue weighted by atomic mass is 10.1. The summed E-state index contributed by atoms with van der Waals surface area (Å²) in [5.41, 5.74) is 1.53. The number of amides is 2. The SMILES string of the molecule is CCC(CC)NC(=O)C1CN(C(=O)c2ccc(-c3ccccc3)[nH]c2=O)c2ccccc2O1. The van der Waals surface area contributed by atoms with Gasteiger partial charge in [-0.1, -0.05) is 56.3 Å². The number of nitrogens with zero attached hydrogens (tertiary/aromatic N) is 1. The third-order valence-electron chi connectivity index (χ3n) is 5.87. The van der Waals surface area contributed by atoms with Crippen LogP contribution in [0.4, 0.5) is 5.69 Å². The van der Waals surface area contributed by atoms with Crippen LogP contribution in [0, 0.1) is 0 Å². The van der Waals surface area contributed by atoms with Crippen LogP contribution in [0.3, 0.4) is 0 Å². The smallest absolute Gasteiger partial charge is 0.264 e. The summed E-state index contributed by atoms with van der Waals surface area (Å²) >= 11 is 0. The van der Waals surface area contributed by atoms with Gasteiger partial charge in [0.15, 0.2) is 6.10 Å². The van der Waals surface area contributed by atoms with Crippen molar-refractivity contribution in [3.05, 3.63) is 82.6 Å². The fourth-order valence-corrected chi connectivity index (χ4v) is 3.92. The van der Waals surface area contributed by atoms with Crippen LogP contribution in [0.15, 0.2) is 71.5 Å².